The van der Waals surface area contributed by atoms with E-state index in [2.05, 4.69) is 10.3 Å². The Balaban J connectivity index is 1.91. The number of pyridine rings is 1. The van der Waals surface area contributed by atoms with Gasteiger partial charge < -0.3 is 15.2 Å². The van der Waals surface area contributed by atoms with Gasteiger partial charge in [0, 0.05) is 24.5 Å². The van der Waals surface area contributed by atoms with Gasteiger partial charge in [0.1, 0.15) is 11.3 Å². The van der Waals surface area contributed by atoms with E-state index < -0.39 is 5.97 Å². The highest BCUT2D eigenvalue weighted by molar-refractivity contribution is 6.35. The second-order valence-electron chi connectivity index (χ2n) is 4.58. The summed E-state index contributed by atoms with van der Waals surface area (Å²) in [4.78, 5) is 26.2. The van der Waals surface area contributed by atoms with Crippen LogP contribution in [0.1, 0.15) is 12.8 Å². The van der Waals surface area contributed by atoms with Crippen LogP contribution in [0, 0.1) is 0 Å². The third kappa shape index (κ3) is 4.33. The van der Waals surface area contributed by atoms with Crippen molar-refractivity contribution >= 4 is 34.4 Å². The Kier molecular flexibility index (Phi) is 5.55. The van der Waals surface area contributed by atoms with Crippen molar-refractivity contribution in [2.75, 3.05) is 13.2 Å². The largest absolute Gasteiger partial charge is 0.481 e. The van der Waals surface area contributed by atoms with E-state index >= 15 is 0 Å². The number of hydrogen-bond acceptors (Lipinski definition) is 4. The number of ether oxygens (including phenoxy) is 1. The number of nitrogens with zero attached hydrogens (tertiary/aromatic N) is 1. The minimum atomic E-state index is -0.885. The molecule has 0 unspecified atom stereocenters. The molecule has 2 N–H and O–H groups in total. The summed E-state index contributed by atoms with van der Waals surface area (Å²) in [5.74, 6) is -0.727. The highest BCUT2D eigenvalue weighted by atomic mass is 35.5. The molecule has 0 aliphatic rings. The molecule has 0 spiro atoms. The SMILES string of the molecule is O=C(O)CCCNC(=O)COc1ccc(Cl)c2cccnc12. The van der Waals surface area contributed by atoms with Gasteiger partial charge >= 0.3 is 5.97 Å². The van der Waals surface area contributed by atoms with Gasteiger partial charge in [-0.05, 0) is 30.7 Å². The van der Waals surface area contributed by atoms with Crippen LogP contribution in [0.25, 0.3) is 10.9 Å². The lowest BCUT2D eigenvalue weighted by molar-refractivity contribution is -0.137. The normalized spacial score (nSPS) is 10.4. The highest BCUT2D eigenvalue weighted by Crippen LogP contribution is 2.29. The number of carbonyl (C=O) groups excluding carboxylic acids is 1. The van der Waals surface area contributed by atoms with Crippen molar-refractivity contribution in [2.24, 2.45) is 0 Å². The summed E-state index contributed by atoms with van der Waals surface area (Å²) in [5, 5.41) is 12.4. The van der Waals surface area contributed by atoms with Crippen LogP contribution in [-0.4, -0.2) is 35.1 Å². The van der Waals surface area contributed by atoms with Crippen LogP contribution in [0.4, 0.5) is 0 Å². The van der Waals surface area contributed by atoms with Crippen molar-refractivity contribution in [1.82, 2.24) is 10.3 Å². The third-order valence-corrected chi connectivity index (χ3v) is 3.26. The Morgan fingerprint density at radius 1 is 1.32 bits per heavy atom. The molecule has 2 aromatic rings. The molecule has 22 heavy (non-hydrogen) atoms. The molecular weight excluding hydrogens is 308 g/mol. The van der Waals surface area contributed by atoms with Gasteiger partial charge in [0.15, 0.2) is 6.61 Å². The minimum Gasteiger partial charge on any atom is -0.481 e. The van der Waals surface area contributed by atoms with Gasteiger partial charge in [0.2, 0.25) is 0 Å². The molecule has 0 fully saturated rings. The zero-order chi connectivity index (χ0) is 15.9. The zero-order valence-corrected chi connectivity index (χ0v) is 12.5. The predicted octanol–water partition coefficient (Wildman–Crippen LogP) is 2.25. The fourth-order valence-corrected chi connectivity index (χ4v) is 2.11. The lowest BCUT2D eigenvalue weighted by Crippen LogP contribution is -2.30. The average molecular weight is 323 g/mol. The second kappa shape index (κ2) is 7.61. The maximum Gasteiger partial charge on any atom is 0.303 e. The number of carboxylic acid groups (broad SMARTS) is 1. The Labute approximate surface area is 132 Å². The first kappa shape index (κ1) is 16.0. The molecule has 0 bridgehead atoms. The van der Waals surface area contributed by atoms with Crippen LogP contribution < -0.4 is 10.1 Å². The van der Waals surface area contributed by atoms with E-state index in [1.54, 1.807) is 24.4 Å². The molecule has 1 aromatic heterocycles. The molecule has 2 rings (SSSR count). The number of carboxylic acids is 1. The molecule has 0 aliphatic carbocycles. The maximum absolute atomic E-state index is 11.6. The van der Waals surface area contributed by atoms with Crippen molar-refractivity contribution in [1.29, 1.82) is 0 Å². The number of halogens is 1. The Morgan fingerprint density at radius 3 is 2.91 bits per heavy atom. The summed E-state index contributed by atoms with van der Waals surface area (Å²) in [6.45, 7) is 0.133. The van der Waals surface area contributed by atoms with Gasteiger partial charge in [-0.3, -0.25) is 14.6 Å². The first-order valence-corrected chi connectivity index (χ1v) is 7.10. The third-order valence-electron chi connectivity index (χ3n) is 2.93. The molecule has 1 heterocycles. The van der Waals surface area contributed by atoms with E-state index in [-0.39, 0.29) is 18.9 Å². The monoisotopic (exact) mass is 322 g/mol. The van der Waals surface area contributed by atoms with E-state index in [1.165, 1.54) is 0 Å². The molecule has 0 saturated carbocycles. The van der Waals surface area contributed by atoms with Crippen LogP contribution >= 0.6 is 11.6 Å². The molecule has 0 atom stereocenters. The summed E-state index contributed by atoms with van der Waals surface area (Å²) >= 11 is 6.08. The molecular formula is C15H15ClN2O4. The summed E-state index contributed by atoms with van der Waals surface area (Å²) in [7, 11) is 0. The Bertz CT molecular complexity index is 690. The number of benzene rings is 1. The fourth-order valence-electron chi connectivity index (χ4n) is 1.89. The lowest BCUT2D eigenvalue weighted by Gasteiger charge is -2.09. The quantitative estimate of drug-likeness (QED) is 0.763. The van der Waals surface area contributed by atoms with Gasteiger partial charge in [-0.25, -0.2) is 0 Å². The summed E-state index contributed by atoms with van der Waals surface area (Å²) < 4.78 is 5.46. The summed E-state index contributed by atoms with van der Waals surface area (Å²) in [6.07, 6.45) is 2.02. The Hall–Kier alpha value is -2.34. The molecule has 0 aliphatic heterocycles. The van der Waals surface area contributed by atoms with Gasteiger partial charge in [-0.2, -0.15) is 0 Å². The van der Waals surface area contributed by atoms with E-state index in [0.717, 1.165) is 5.39 Å². The fraction of sp³-hybridized carbons (Fsp3) is 0.267. The van der Waals surface area contributed by atoms with E-state index in [4.69, 9.17) is 21.4 Å². The first-order chi connectivity index (χ1) is 10.6. The maximum atomic E-state index is 11.6. The molecule has 6 nitrogen and oxygen atoms in total. The van der Waals surface area contributed by atoms with Crippen molar-refractivity contribution < 1.29 is 19.4 Å². The number of amides is 1. The van der Waals surface area contributed by atoms with Gasteiger partial charge in [0.25, 0.3) is 5.91 Å². The zero-order valence-electron chi connectivity index (χ0n) is 11.7. The van der Waals surface area contributed by atoms with Crippen molar-refractivity contribution in [3.8, 4) is 5.75 Å². The number of aromatic nitrogens is 1. The van der Waals surface area contributed by atoms with E-state index in [1.807, 2.05) is 6.07 Å². The van der Waals surface area contributed by atoms with Crippen molar-refractivity contribution in [2.45, 2.75) is 12.8 Å². The summed E-state index contributed by atoms with van der Waals surface area (Å²) in [5.41, 5.74) is 0.591. The molecule has 0 radical (unpaired) electrons. The lowest BCUT2D eigenvalue weighted by atomic mass is 10.2. The number of hydrogen-bond donors (Lipinski definition) is 2. The number of rotatable bonds is 7. The predicted molar refractivity (Wildman–Crippen MR) is 82.1 cm³/mol. The number of carbonyl (C=O) groups is 2. The number of nitrogens with one attached hydrogen (secondary N) is 1. The topological polar surface area (TPSA) is 88.5 Å². The van der Waals surface area contributed by atoms with Crippen LogP contribution in [0.3, 0.4) is 0 Å². The van der Waals surface area contributed by atoms with Gasteiger partial charge in [-0.15, -0.1) is 0 Å². The smallest absolute Gasteiger partial charge is 0.303 e. The first-order valence-electron chi connectivity index (χ1n) is 6.72. The van der Waals surface area contributed by atoms with Gasteiger partial charge in [0.05, 0.1) is 5.02 Å². The molecule has 1 aromatic carbocycles. The Morgan fingerprint density at radius 2 is 2.14 bits per heavy atom. The number of fused-ring (bicyclic) bond motifs is 1. The molecule has 0 saturated heterocycles. The highest BCUT2D eigenvalue weighted by Gasteiger charge is 2.09. The number of aliphatic carboxylic acids is 1. The van der Waals surface area contributed by atoms with E-state index in [0.29, 0.717) is 29.3 Å². The van der Waals surface area contributed by atoms with Crippen LogP contribution in [0.5, 0.6) is 5.75 Å². The molecule has 116 valence electrons. The summed E-state index contributed by atoms with van der Waals surface area (Å²) in [6, 6.07) is 6.94. The second-order valence-corrected chi connectivity index (χ2v) is 4.99. The minimum absolute atomic E-state index is 0.0207. The van der Waals surface area contributed by atoms with E-state index in [9.17, 15) is 9.59 Å². The molecule has 1 amide bonds. The van der Waals surface area contributed by atoms with Crippen molar-refractivity contribution in [3.05, 3.63) is 35.5 Å². The van der Waals surface area contributed by atoms with Gasteiger partial charge in [-0.1, -0.05) is 11.6 Å². The van der Waals surface area contributed by atoms with Crippen LogP contribution in [-0.2, 0) is 9.59 Å². The van der Waals surface area contributed by atoms with Crippen LogP contribution in [0.15, 0.2) is 30.5 Å². The van der Waals surface area contributed by atoms with Crippen molar-refractivity contribution in [3.63, 3.8) is 0 Å². The average Bonchev–Trinajstić information content (AvgIpc) is 2.51. The standard InChI is InChI=1S/C15H15ClN2O4/c16-11-5-6-12(15-10(11)3-1-8-18-15)22-9-13(19)17-7-2-4-14(20)21/h1,3,5-6,8H,2,4,7,9H2,(H,17,19)(H,20,21). The molecule has 7 heteroatoms. The van der Waals surface area contributed by atoms with Crippen LogP contribution in [0.2, 0.25) is 5.02 Å².